The number of nitrogens with zero attached hydrogens (tertiary/aromatic N) is 2. The fraction of sp³-hybridized carbons (Fsp3) is 0.333. The lowest BCUT2D eigenvalue weighted by Gasteiger charge is -2.10. The molecular formula is C12H15N3S. The lowest BCUT2D eigenvalue weighted by Crippen LogP contribution is -2.18. The van der Waals surface area contributed by atoms with Gasteiger partial charge in [-0.25, -0.2) is 4.98 Å². The minimum absolute atomic E-state index is 0.278. The predicted octanol–water partition coefficient (Wildman–Crippen LogP) is 2.70. The Morgan fingerprint density at radius 3 is 2.94 bits per heavy atom. The molecule has 3 nitrogen and oxygen atoms in total. The zero-order valence-corrected chi connectivity index (χ0v) is 10.3. The maximum atomic E-state index is 4.46. The van der Waals surface area contributed by atoms with Crippen LogP contribution in [-0.2, 0) is 6.54 Å². The molecule has 1 N–H and O–H groups in total. The van der Waals surface area contributed by atoms with Gasteiger partial charge in [0, 0.05) is 23.8 Å². The van der Waals surface area contributed by atoms with Crippen LogP contribution in [-0.4, -0.2) is 9.97 Å². The van der Waals surface area contributed by atoms with E-state index < -0.39 is 0 Å². The zero-order chi connectivity index (χ0) is 11.4. The van der Waals surface area contributed by atoms with E-state index in [4.69, 9.17) is 0 Å². The second-order valence-electron chi connectivity index (χ2n) is 3.75. The lowest BCUT2D eigenvalue weighted by molar-refractivity contribution is 0.564. The molecule has 0 amide bonds. The number of hydrogen-bond acceptors (Lipinski definition) is 4. The van der Waals surface area contributed by atoms with Crippen molar-refractivity contribution < 1.29 is 0 Å². The van der Waals surface area contributed by atoms with Crippen molar-refractivity contribution >= 4 is 11.3 Å². The first-order valence-corrected chi connectivity index (χ1v) is 6.19. The van der Waals surface area contributed by atoms with Crippen LogP contribution in [0.3, 0.4) is 0 Å². The molecule has 1 unspecified atom stereocenters. The van der Waals surface area contributed by atoms with Gasteiger partial charge in [-0.1, -0.05) is 6.07 Å². The molecule has 2 aromatic rings. The number of hydrogen-bond donors (Lipinski definition) is 1. The third kappa shape index (κ3) is 2.87. The first-order chi connectivity index (χ1) is 7.75. The van der Waals surface area contributed by atoms with Crippen molar-refractivity contribution in [2.75, 3.05) is 0 Å². The number of pyridine rings is 1. The van der Waals surface area contributed by atoms with Crippen molar-refractivity contribution in [1.82, 2.24) is 15.3 Å². The summed E-state index contributed by atoms with van der Waals surface area (Å²) in [4.78, 5) is 8.73. The number of thiazole rings is 1. The SMILES string of the molecule is Cc1csc(C(C)NCc2ccccn2)n1. The van der Waals surface area contributed by atoms with Gasteiger partial charge in [-0.3, -0.25) is 4.98 Å². The molecule has 0 aromatic carbocycles. The summed E-state index contributed by atoms with van der Waals surface area (Å²) >= 11 is 1.70. The molecule has 16 heavy (non-hydrogen) atoms. The van der Waals surface area contributed by atoms with Gasteiger partial charge in [-0.2, -0.15) is 0 Å². The van der Waals surface area contributed by atoms with Crippen molar-refractivity contribution in [2.45, 2.75) is 26.4 Å². The van der Waals surface area contributed by atoms with Crippen LogP contribution in [0.25, 0.3) is 0 Å². The van der Waals surface area contributed by atoms with E-state index in [2.05, 4.69) is 27.6 Å². The Morgan fingerprint density at radius 2 is 2.31 bits per heavy atom. The van der Waals surface area contributed by atoms with Gasteiger partial charge < -0.3 is 5.32 Å². The highest BCUT2D eigenvalue weighted by Gasteiger charge is 2.08. The fourth-order valence-corrected chi connectivity index (χ4v) is 2.25. The van der Waals surface area contributed by atoms with Crippen molar-refractivity contribution in [3.8, 4) is 0 Å². The van der Waals surface area contributed by atoms with Crippen LogP contribution in [0.15, 0.2) is 29.8 Å². The molecule has 0 aliphatic carbocycles. The van der Waals surface area contributed by atoms with Crippen LogP contribution < -0.4 is 5.32 Å². The van der Waals surface area contributed by atoms with Crippen molar-refractivity contribution in [3.63, 3.8) is 0 Å². The number of aryl methyl sites for hydroxylation is 1. The molecule has 0 aliphatic heterocycles. The van der Waals surface area contributed by atoms with Crippen molar-refractivity contribution in [3.05, 3.63) is 46.2 Å². The van der Waals surface area contributed by atoms with E-state index in [1.807, 2.05) is 31.3 Å². The van der Waals surface area contributed by atoms with Crippen LogP contribution in [0.1, 0.15) is 29.4 Å². The highest BCUT2D eigenvalue weighted by Crippen LogP contribution is 2.17. The highest BCUT2D eigenvalue weighted by molar-refractivity contribution is 7.09. The average molecular weight is 233 g/mol. The summed E-state index contributed by atoms with van der Waals surface area (Å²) in [7, 11) is 0. The molecule has 4 heteroatoms. The van der Waals surface area contributed by atoms with Gasteiger partial charge in [0.05, 0.1) is 11.7 Å². The third-order valence-corrected chi connectivity index (χ3v) is 3.47. The lowest BCUT2D eigenvalue weighted by atomic mass is 10.3. The van der Waals surface area contributed by atoms with Crippen LogP contribution >= 0.6 is 11.3 Å². The number of rotatable bonds is 4. The molecule has 0 saturated heterocycles. The van der Waals surface area contributed by atoms with Gasteiger partial charge in [0.1, 0.15) is 5.01 Å². The fourth-order valence-electron chi connectivity index (χ4n) is 1.42. The summed E-state index contributed by atoms with van der Waals surface area (Å²) in [5.41, 5.74) is 2.15. The topological polar surface area (TPSA) is 37.8 Å². The molecule has 0 saturated carbocycles. The normalized spacial score (nSPS) is 12.6. The van der Waals surface area contributed by atoms with E-state index in [9.17, 15) is 0 Å². The summed E-state index contributed by atoms with van der Waals surface area (Å²) < 4.78 is 0. The Morgan fingerprint density at radius 1 is 1.44 bits per heavy atom. The molecule has 1 atom stereocenters. The highest BCUT2D eigenvalue weighted by atomic mass is 32.1. The van der Waals surface area contributed by atoms with Crippen LogP contribution in [0, 0.1) is 6.92 Å². The first-order valence-electron chi connectivity index (χ1n) is 5.31. The van der Waals surface area contributed by atoms with E-state index >= 15 is 0 Å². The van der Waals surface area contributed by atoms with Gasteiger partial charge in [0.15, 0.2) is 0 Å². The molecule has 2 heterocycles. The van der Waals surface area contributed by atoms with Gasteiger partial charge in [-0.15, -0.1) is 11.3 Å². The minimum Gasteiger partial charge on any atom is -0.302 e. The summed E-state index contributed by atoms with van der Waals surface area (Å²) in [6.45, 7) is 4.92. The van der Waals surface area contributed by atoms with E-state index in [0.29, 0.717) is 0 Å². The van der Waals surface area contributed by atoms with Gasteiger partial charge >= 0.3 is 0 Å². The summed E-state index contributed by atoms with van der Waals surface area (Å²) in [5, 5.41) is 6.62. The quantitative estimate of drug-likeness (QED) is 0.882. The van der Waals surface area contributed by atoms with Gasteiger partial charge in [-0.05, 0) is 26.0 Å². The monoisotopic (exact) mass is 233 g/mol. The average Bonchev–Trinajstić information content (AvgIpc) is 2.74. The Labute approximate surface area is 99.6 Å². The van der Waals surface area contributed by atoms with Crippen LogP contribution in [0.5, 0.6) is 0 Å². The predicted molar refractivity (Wildman–Crippen MR) is 66.3 cm³/mol. The molecule has 2 rings (SSSR count). The first kappa shape index (κ1) is 11.2. The summed E-state index contributed by atoms with van der Waals surface area (Å²) in [6, 6.07) is 6.23. The molecule has 84 valence electrons. The van der Waals surface area contributed by atoms with Crippen LogP contribution in [0.2, 0.25) is 0 Å². The molecular weight excluding hydrogens is 218 g/mol. The standard InChI is InChI=1S/C12H15N3S/c1-9-8-16-12(15-9)10(2)14-7-11-5-3-4-6-13-11/h3-6,8,10,14H,7H2,1-2H3. The zero-order valence-electron chi connectivity index (χ0n) is 9.47. The Bertz CT molecular complexity index is 439. The van der Waals surface area contributed by atoms with E-state index in [-0.39, 0.29) is 6.04 Å². The van der Waals surface area contributed by atoms with Crippen molar-refractivity contribution in [2.24, 2.45) is 0 Å². The maximum absolute atomic E-state index is 4.46. The molecule has 2 aromatic heterocycles. The van der Waals surface area contributed by atoms with Gasteiger partial charge in [0.25, 0.3) is 0 Å². The summed E-state index contributed by atoms with van der Waals surface area (Å²) in [5.74, 6) is 0. The number of aromatic nitrogens is 2. The Kier molecular flexibility index (Phi) is 3.64. The molecule has 0 spiro atoms. The van der Waals surface area contributed by atoms with Gasteiger partial charge in [0.2, 0.25) is 0 Å². The largest absolute Gasteiger partial charge is 0.302 e. The van der Waals surface area contributed by atoms with Crippen molar-refractivity contribution in [1.29, 1.82) is 0 Å². The minimum atomic E-state index is 0.278. The molecule has 0 aliphatic rings. The molecule has 0 bridgehead atoms. The van der Waals surface area contributed by atoms with Crippen LogP contribution in [0.4, 0.5) is 0 Å². The second-order valence-corrected chi connectivity index (χ2v) is 4.64. The molecule has 0 radical (unpaired) electrons. The molecule has 0 fully saturated rings. The smallest absolute Gasteiger partial charge is 0.110 e. The maximum Gasteiger partial charge on any atom is 0.110 e. The second kappa shape index (κ2) is 5.18. The Balaban J connectivity index is 1.91. The van der Waals surface area contributed by atoms with E-state index in [1.165, 1.54) is 0 Å². The van der Waals surface area contributed by atoms with E-state index in [1.54, 1.807) is 11.3 Å². The van der Waals surface area contributed by atoms with E-state index in [0.717, 1.165) is 22.9 Å². The number of nitrogens with one attached hydrogen (secondary N) is 1. The third-order valence-electron chi connectivity index (χ3n) is 2.32. The Hall–Kier alpha value is -1.26. The summed E-state index contributed by atoms with van der Waals surface area (Å²) in [6.07, 6.45) is 1.81.